The van der Waals surface area contributed by atoms with Gasteiger partial charge in [0.25, 0.3) is 0 Å². The Morgan fingerprint density at radius 3 is 2.84 bits per heavy atom. The van der Waals surface area contributed by atoms with Crippen molar-refractivity contribution >= 4 is 17.4 Å². The SMILES string of the molecule is CCC(C)C(O)CNC(=O)NCCc1csc(C)n1. The third-order valence-corrected chi connectivity index (χ3v) is 3.93. The molecule has 0 radical (unpaired) electrons. The van der Waals surface area contributed by atoms with Gasteiger partial charge in [-0.3, -0.25) is 0 Å². The minimum Gasteiger partial charge on any atom is -0.391 e. The van der Waals surface area contributed by atoms with E-state index in [1.165, 1.54) is 0 Å². The number of urea groups is 1. The van der Waals surface area contributed by atoms with Crippen molar-refractivity contribution in [2.24, 2.45) is 5.92 Å². The summed E-state index contributed by atoms with van der Waals surface area (Å²) >= 11 is 1.61. The van der Waals surface area contributed by atoms with E-state index in [0.29, 0.717) is 6.54 Å². The van der Waals surface area contributed by atoms with Gasteiger partial charge in [0.05, 0.1) is 16.8 Å². The second kappa shape index (κ2) is 8.12. The van der Waals surface area contributed by atoms with E-state index in [2.05, 4.69) is 15.6 Å². The molecule has 1 heterocycles. The molecular weight excluding hydrogens is 262 g/mol. The van der Waals surface area contributed by atoms with Crippen LogP contribution >= 0.6 is 11.3 Å². The third kappa shape index (κ3) is 6.02. The van der Waals surface area contributed by atoms with Gasteiger partial charge in [-0.2, -0.15) is 0 Å². The first-order valence-electron chi connectivity index (χ1n) is 6.63. The molecule has 2 atom stereocenters. The highest BCUT2D eigenvalue weighted by molar-refractivity contribution is 7.09. The summed E-state index contributed by atoms with van der Waals surface area (Å²) in [6, 6.07) is -0.241. The maximum Gasteiger partial charge on any atom is 0.314 e. The van der Waals surface area contributed by atoms with Crippen LogP contribution in [0.4, 0.5) is 4.79 Å². The predicted octanol–water partition coefficient (Wildman–Crippen LogP) is 1.70. The number of rotatable bonds is 7. The van der Waals surface area contributed by atoms with Crippen molar-refractivity contribution in [2.45, 2.75) is 39.7 Å². The third-order valence-electron chi connectivity index (χ3n) is 3.11. The smallest absolute Gasteiger partial charge is 0.314 e. The summed E-state index contributed by atoms with van der Waals surface area (Å²) in [5.74, 6) is 0.193. The number of carbonyl (C=O) groups is 1. The lowest BCUT2D eigenvalue weighted by Gasteiger charge is -2.17. The predicted molar refractivity (Wildman–Crippen MR) is 77.4 cm³/mol. The van der Waals surface area contributed by atoms with Crippen LogP contribution in [0, 0.1) is 12.8 Å². The first-order chi connectivity index (χ1) is 9.02. The molecule has 6 heteroatoms. The Labute approximate surface area is 118 Å². The summed E-state index contributed by atoms with van der Waals surface area (Å²) in [7, 11) is 0. The lowest BCUT2D eigenvalue weighted by atomic mass is 10.0. The summed E-state index contributed by atoms with van der Waals surface area (Å²) in [6.45, 7) is 6.79. The van der Waals surface area contributed by atoms with Gasteiger partial charge in [-0.1, -0.05) is 20.3 Å². The van der Waals surface area contributed by atoms with Crippen molar-refractivity contribution < 1.29 is 9.90 Å². The van der Waals surface area contributed by atoms with Gasteiger partial charge in [-0.15, -0.1) is 11.3 Å². The first-order valence-corrected chi connectivity index (χ1v) is 7.51. The molecule has 0 bridgehead atoms. The monoisotopic (exact) mass is 285 g/mol. The number of nitrogens with zero attached hydrogens (tertiary/aromatic N) is 1. The number of hydrogen-bond donors (Lipinski definition) is 3. The zero-order valence-electron chi connectivity index (χ0n) is 11.8. The molecule has 0 aliphatic rings. The second-order valence-electron chi connectivity index (χ2n) is 4.70. The van der Waals surface area contributed by atoms with E-state index in [9.17, 15) is 9.90 Å². The van der Waals surface area contributed by atoms with Crippen LogP contribution in [0.25, 0.3) is 0 Å². The lowest BCUT2D eigenvalue weighted by molar-refractivity contribution is 0.114. The average Bonchev–Trinajstić information content (AvgIpc) is 2.80. The fourth-order valence-corrected chi connectivity index (χ4v) is 2.21. The molecule has 19 heavy (non-hydrogen) atoms. The Morgan fingerprint density at radius 1 is 1.53 bits per heavy atom. The number of nitrogens with one attached hydrogen (secondary N) is 2. The molecule has 5 nitrogen and oxygen atoms in total. The quantitative estimate of drug-likeness (QED) is 0.714. The maximum absolute atomic E-state index is 11.5. The molecule has 3 N–H and O–H groups in total. The Hall–Kier alpha value is -1.14. The van der Waals surface area contributed by atoms with Crippen LogP contribution < -0.4 is 10.6 Å². The van der Waals surface area contributed by atoms with E-state index < -0.39 is 6.10 Å². The van der Waals surface area contributed by atoms with Crippen molar-refractivity contribution in [3.8, 4) is 0 Å². The van der Waals surface area contributed by atoms with Crippen molar-refractivity contribution in [3.05, 3.63) is 16.1 Å². The van der Waals surface area contributed by atoms with Crippen molar-refractivity contribution in [1.29, 1.82) is 0 Å². The van der Waals surface area contributed by atoms with E-state index in [-0.39, 0.29) is 18.5 Å². The number of hydrogen-bond acceptors (Lipinski definition) is 4. The van der Waals surface area contributed by atoms with E-state index in [1.54, 1.807) is 11.3 Å². The normalized spacial score (nSPS) is 13.9. The molecule has 0 spiro atoms. The van der Waals surface area contributed by atoms with Crippen LogP contribution in [0.2, 0.25) is 0 Å². The molecular formula is C13H23N3O2S. The number of thiazole rings is 1. The van der Waals surface area contributed by atoms with E-state index in [4.69, 9.17) is 0 Å². The van der Waals surface area contributed by atoms with Gasteiger partial charge < -0.3 is 15.7 Å². The van der Waals surface area contributed by atoms with Crippen LogP contribution in [-0.2, 0) is 6.42 Å². The van der Waals surface area contributed by atoms with Gasteiger partial charge in [0.1, 0.15) is 0 Å². The molecule has 0 aromatic carbocycles. The summed E-state index contributed by atoms with van der Waals surface area (Å²) in [5, 5.41) is 18.2. The average molecular weight is 285 g/mol. The Balaban J connectivity index is 2.14. The van der Waals surface area contributed by atoms with Crippen LogP contribution in [0.15, 0.2) is 5.38 Å². The highest BCUT2D eigenvalue weighted by Crippen LogP contribution is 2.08. The minimum atomic E-state index is -0.489. The molecule has 1 aromatic heterocycles. The van der Waals surface area contributed by atoms with Gasteiger partial charge >= 0.3 is 6.03 Å². The summed E-state index contributed by atoms with van der Waals surface area (Å²) in [6.07, 6.45) is 1.14. The second-order valence-corrected chi connectivity index (χ2v) is 5.76. The van der Waals surface area contributed by atoms with Gasteiger partial charge in [0.2, 0.25) is 0 Å². The molecule has 0 saturated heterocycles. The van der Waals surface area contributed by atoms with Crippen molar-refractivity contribution in [3.63, 3.8) is 0 Å². The Morgan fingerprint density at radius 2 is 2.26 bits per heavy atom. The van der Waals surface area contributed by atoms with E-state index in [1.807, 2.05) is 26.2 Å². The molecule has 0 aliphatic carbocycles. The molecule has 108 valence electrons. The van der Waals surface area contributed by atoms with Crippen LogP contribution in [0.1, 0.15) is 31.0 Å². The van der Waals surface area contributed by atoms with Crippen molar-refractivity contribution in [2.75, 3.05) is 13.1 Å². The standard InChI is InChI=1S/C13H23N3O2S/c1-4-9(2)12(17)7-15-13(18)14-6-5-11-8-19-10(3)16-11/h8-9,12,17H,4-7H2,1-3H3,(H2,14,15,18). The number of aliphatic hydroxyl groups excluding tert-OH is 1. The van der Waals surface area contributed by atoms with Gasteiger partial charge in [-0.05, 0) is 12.8 Å². The van der Waals surface area contributed by atoms with Crippen molar-refractivity contribution in [1.82, 2.24) is 15.6 Å². The Kier molecular flexibility index (Phi) is 6.80. The summed E-state index contributed by atoms with van der Waals surface area (Å²) < 4.78 is 0. The molecule has 0 aliphatic heterocycles. The zero-order valence-corrected chi connectivity index (χ0v) is 12.6. The van der Waals surface area contributed by atoms with E-state index in [0.717, 1.165) is 23.5 Å². The summed E-state index contributed by atoms with van der Waals surface area (Å²) in [5.41, 5.74) is 1.00. The largest absolute Gasteiger partial charge is 0.391 e. The molecule has 0 saturated carbocycles. The zero-order chi connectivity index (χ0) is 14.3. The summed E-state index contributed by atoms with van der Waals surface area (Å²) in [4.78, 5) is 15.8. The van der Waals surface area contributed by atoms with Gasteiger partial charge in [0.15, 0.2) is 0 Å². The molecule has 1 rings (SSSR count). The minimum absolute atomic E-state index is 0.193. The number of aromatic nitrogens is 1. The fourth-order valence-electron chi connectivity index (χ4n) is 1.56. The van der Waals surface area contributed by atoms with Crippen LogP contribution in [0.5, 0.6) is 0 Å². The maximum atomic E-state index is 11.5. The number of amides is 2. The Bertz CT molecular complexity index is 395. The molecule has 1 aromatic rings. The number of carbonyl (C=O) groups excluding carboxylic acids is 1. The number of aliphatic hydroxyl groups is 1. The molecule has 2 unspecified atom stereocenters. The molecule has 0 fully saturated rings. The van der Waals surface area contributed by atoms with Gasteiger partial charge in [-0.25, -0.2) is 9.78 Å². The highest BCUT2D eigenvalue weighted by Gasteiger charge is 2.12. The number of aryl methyl sites for hydroxylation is 1. The van der Waals surface area contributed by atoms with Gasteiger partial charge in [0, 0.05) is 24.9 Å². The fraction of sp³-hybridized carbons (Fsp3) is 0.692. The van der Waals surface area contributed by atoms with E-state index >= 15 is 0 Å². The molecule has 2 amide bonds. The van der Waals surface area contributed by atoms with Crippen LogP contribution in [-0.4, -0.2) is 35.3 Å². The van der Waals surface area contributed by atoms with Crippen LogP contribution in [0.3, 0.4) is 0 Å². The first kappa shape index (κ1) is 15.9. The highest BCUT2D eigenvalue weighted by atomic mass is 32.1. The topological polar surface area (TPSA) is 74.2 Å². The lowest BCUT2D eigenvalue weighted by Crippen LogP contribution is -2.42.